The number of rotatable bonds is 2. The van der Waals surface area contributed by atoms with Crippen molar-refractivity contribution >= 4 is 23.2 Å². The lowest BCUT2D eigenvalue weighted by Crippen LogP contribution is -2.28. The molecule has 1 saturated heterocycles. The molecule has 1 fully saturated rings. The smallest absolute Gasteiger partial charge is 0.381 e. The number of nitrogens with one attached hydrogen (secondary N) is 1. The first-order valence-electron chi connectivity index (χ1n) is 6.13. The summed E-state index contributed by atoms with van der Waals surface area (Å²) in [5.41, 5.74) is -0.859. The fraction of sp³-hybridized carbons (Fsp3) is 0.462. The highest BCUT2D eigenvalue weighted by Crippen LogP contribution is 2.34. The van der Waals surface area contributed by atoms with E-state index in [0.29, 0.717) is 26.1 Å². The Morgan fingerprint density at radius 3 is 2.55 bits per heavy atom. The molecule has 0 atom stereocenters. The molecule has 7 heteroatoms. The molecule has 1 amide bonds. The predicted octanol–water partition coefficient (Wildman–Crippen LogP) is 3.72. The summed E-state index contributed by atoms with van der Waals surface area (Å²) in [5, 5.41) is 2.55. The van der Waals surface area contributed by atoms with Crippen LogP contribution in [0.5, 0.6) is 0 Å². The van der Waals surface area contributed by atoms with Gasteiger partial charge in [-0.15, -0.1) is 0 Å². The Kier molecular flexibility index (Phi) is 4.55. The number of hydrogen-bond donors (Lipinski definition) is 1. The first kappa shape index (κ1) is 15.1. The zero-order valence-corrected chi connectivity index (χ0v) is 11.2. The van der Waals surface area contributed by atoms with Gasteiger partial charge >= 0.3 is 6.18 Å². The number of benzene rings is 1. The summed E-state index contributed by atoms with van der Waals surface area (Å²) in [5.74, 6) is -0.580. The summed E-state index contributed by atoms with van der Waals surface area (Å²) >= 11 is 5.82. The van der Waals surface area contributed by atoms with Crippen LogP contribution in [0.1, 0.15) is 18.4 Å². The van der Waals surface area contributed by atoms with Crippen molar-refractivity contribution in [3.63, 3.8) is 0 Å². The Balaban J connectivity index is 2.13. The maximum absolute atomic E-state index is 12.6. The highest BCUT2D eigenvalue weighted by atomic mass is 35.5. The molecule has 0 unspecified atom stereocenters. The van der Waals surface area contributed by atoms with E-state index >= 15 is 0 Å². The van der Waals surface area contributed by atoms with Crippen LogP contribution in [0, 0.1) is 5.92 Å². The van der Waals surface area contributed by atoms with Gasteiger partial charge in [-0.3, -0.25) is 4.79 Å². The summed E-state index contributed by atoms with van der Waals surface area (Å²) in [4.78, 5) is 12.0. The Morgan fingerprint density at radius 2 is 1.95 bits per heavy atom. The molecule has 0 aliphatic carbocycles. The minimum Gasteiger partial charge on any atom is -0.381 e. The largest absolute Gasteiger partial charge is 0.416 e. The molecule has 3 nitrogen and oxygen atoms in total. The minimum atomic E-state index is -4.47. The van der Waals surface area contributed by atoms with E-state index < -0.39 is 11.7 Å². The molecule has 1 aliphatic heterocycles. The lowest BCUT2D eigenvalue weighted by molar-refractivity contribution is -0.137. The van der Waals surface area contributed by atoms with E-state index in [9.17, 15) is 18.0 Å². The van der Waals surface area contributed by atoms with Crippen molar-refractivity contribution in [3.8, 4) is 0 Å². The number of anilines is 1. The number of carbonyl (C=O) groups is 1. The first-order chi connectivity index (χ1) is 9.38. The van der Waals surface area contributed by atoms with Gasteiger partial charge in [0.2, 0.25) is 5.91 Å². The Bertz CT molecular complexity index is 499. The molecule has 1 aromatic rings. The van der Waals surface area contributed by atoms with E-state index in [0.717, 1.165) is 18.2 Å². The van der Waals surface area contributed by atoms with Crippen molar-refractivity contribution in [2.24, 2.45) is 5.92 Å². The summed E-state index contributed by atoms with van der Waals surface area (Å²) < 4.78 is 43.0. The number of alkyl halides is 3. The van der Waals surface area contributed by atoms with Crippen LogP contribution in [0.2, 0.25) is 5.02 Å². The van der Waals surface area contributed by atoms with Gasteiger partial charge in [0.05, 0.1) is 16.3 Å². The molecule has 0 radical (unpaired) electrons. The lowest BCUT2D eigenvalue weighted by atomic mass is 9.99. The average Bonchev–Trinajstić information content (AvgIpc) is 2.41. The van der Waals surface area contributed by atoms with Crippen LogP contribution >= 0.6 is 11.6 Å². The van der Waals surface area contributed by atoms with Crippen molar-refractivity contribution in [3.05, 3.63) is 28.8 Å². The number of ether oxygens (including phenoxy) is 1. The Labute approximate surface area is 119 Å². The van der Waals surface area contributed by atoms with Crippen molar-refractivity contribution in [1.29, 1.82) is 0 Å². The van der Waals surface area contributed by atoms with Crippen molar-refractivity contribution in [1.82, 2.24) is 0 Å². The lowest BCUT2D eigenvalue weighted by Gasteiger charge is -2.21. The molecule has 0 saturated carbocycles. The molecule has 2 rings (SSSR count). The topological polar surface area (TPSA) is 38.3 Å². The van der Waals surface area contributed by atoms with Gasteiger partial charge in [-0.1, -0.05) is 11.6 Å². The van der Waals surface area contributed by atoms with Crippen LogP contribution in [-0.4, -0.2) is 19.1 Å². The van der Waals surface area contributed by atoms with E-state index in [1.54, 1.807) is 0 Å². The fourth-order valence-corrected chi connectivity index (χ4v) is 2.16. The predicted molar refractivity (Wildman–Crippen MR) is 68.6 cm³/mol. The maximum Gasteiger partial charge on any atom is 0.416 e. The van der Waals surface area contributed by atoms with E-state index in [1.165, 1.54) is 0 Å². The van der Waals surface area contributed by atoms with Crippen molar-refractivity contribution in [2.45, 2.75) is 19.0 Å². The SMILES string of the molecule is O=C(Nc1cc(C(F)(F)F)ccc1Cl)C1CCOCC1. The van der Waals surface area contributed by atoms with Crippen LogP contribution in [0.25, 0.3) is 0 Å². The summed E-state index contributed by atoms with van der Waals surface area (Å²) in [6.07, 6.45) is -3.35. The van der Waals surface area contributed by atoms with Gasteiger partial charge in [0, 0.05) is 19.1 Å². The standard InChI is InChI=1S/C13H13ClF3NO2/c14-10-2-1-9(13(15,16)17)7-11(10)18-12(19)8-3-5-20-6-4-8/h1-2,7-8H,3-6H2,(H,18,19). The summed E-state index contributed by atoms with van der Waals surface area (Å²) in [7, 11) is 0. The Morgan fingerprint density at radius 1 is 1.30 bits per heavy atom. The number of halogens is 4. The maximum atomic E-state index is 12.6. The molecule has 0 spiro atoms. The van der Waals surface area contributed by atoms with Crippen LogP contribution < -0.4 is 5.32 Å². The van der Waals surface area contributed by atoms with Gasteiger partial charge in [0.25, 0.3) is 0 Å². The second-order valence-electron chi connectivity index (χ2n) is 4.57. The van der Waals surface area contributed by atoms with E-state index in [2.05, 4.69) is 5.32 Å². The molecule has 0 bridgehead atoms. The molecule has 20 heavy (non-hydrogen) atoms. The van der Waals surface area contributed by atoms with Gasteiger partial charge in [-0.2, -0.15) is 13.2 Å². The third-order valence-corrected chi connectivity index (χ3v) is 3.47. The van der Waals surface area contributed by atoms with Crippen LogP contribution in [0.15, 0.2) is 18.2 Å². The monoisotopic (exact) mass is 307 g/mol. The highest BCUT2D eigenvalue weighted by Gasteiger charge is 2.31. The molecular formula is C13H13ClF3NO2. The van der Waals surface area contributed by atoms with Crippen molar-refractivity contribution < 1.29 is 22.7 Å². The zero-order chi connectivity index (χ0) is 14.8. The zero-order valence-electron chi connectivity index (χ0n) is 10.5. The third-order valence-electron chi connectivity index (χ3n) is 3.14. The van der Waals surface area contributed by atoms with Gasteiger partial charge < -0.3 is 10.1 Å². The molecule has 110 valence electrons. The van der Waals surface area contributed by atoms with E-state index in [-0.39, 0.29) is 22.5 Å². The molecular weight excluding hydrogens is 295 g/mol. The minimum absolute atomic E-state index is 0.0158. The number of hydrogen-bond acceptors (Lipinski definition) is 2. The van der Waals surface area contributed by atoms with E-state index in [4.69, 9.17) is 16.3 Å². The molecule has 1 aliphatic rings. The second-order valence-corrected chi connectivity index (χ2v) is 4.98. The normalized spacial score (nSPS) is 17.0. The number of amides is 1. The fourth-order valence-electron chi connectivity index (χ4n) is 1.99. The summed E-state index contributed by atoms with van der Waals surface area (Å²) in [6, 6.07) is 2.86. The highest BCUT2D eigenvalue weighted by molar-refractivity contribution is 6.33. The van der Waals surface area contributed by atoms with Gasteiger partial charge in [-0.25, -0.2) is 0 Å². The quantitative estimate of drug-likeness (QED) is 0.904. The average molecular weight is 308 g/mol. The molecule has 1 N–H and O–H groups in total. The second kappa shape index (κ2) is 6.01. The molecule has 1 heterocycles. The third kappa shape index (κ3) is 3.64. The van der Waals surface area contributed by atoms with Crippen LogP contribution in [0.4, 0.5) is 18.9 Å². The molecule has 0 aromatic heterocycles. The van der Waals surface area contributed by atoms with Gasteiger partial charge in [0.1, 0.15) is 0 Å². The number of carbonyl (C=O) groups excluding carboxylic acids is 1. The first-order valence-corrected chi connectivity index (χ1v) is 6.51. The van der Waals surface area contributed by atoms with Crippen LogP contribution in [0.3, 0.4) is 0 Å². The van der Waals surface area contributed by atoms with Crippen LogP contribution in [-0.2, 0) is 15.7 Å². The molecule has 1 aromatic carbocycles. The van der Waals surface area contributed by atoms with E-state index in [1.807, 2.05) is 0 Å². The van der Waals surface area contributed by atoms with Gasteiger partial charge in [-0.05, 0) is 31.0 Å². The van der Waals surface area contributed by atoms with Crippen molar-refractivity contribution in [2.75, 3.05) is 18.5 Å². The van der Waals surface area contributed by atoms with Gasteiger partial charge in [0.15, 0.2) is 0 Å². The Hall–Kier alpha value is -1.27. The summed E-state index contributed by atoms with van der Waals surface area (Å²) in [6.45, 7) is 0.961.